The van der Waals surface area contributed by atoms with Gasteiger partial charge in [0.15, 0.2) is 5.17 Å². The summed E-state index contributed by atoms with van der Waals surface area (Å²) >= 11 is 1.53. The molecule has 1 heterocycles. The molecule has 1 unspecified atom stereocenters. The van der Waals surface area contributed by atoms with Crippen LogP contribution in [-0.4, -0.2) is 27.4 Å². The van der Waals surface area contributed by atoms with Crippen molar-refractivity contribution in [1.82, 2.24) is 4.90 Å². The molecule has 1 saturated heterocycles. The molecule has 5 heteroatoms. The molecular formula is C25H25N3OS. The van der Waals surface area contributed by atoms with E-state index in [0.29, 0.717) is 11.7 Å². The maximum Gasteiger partial charge on any atom is 0.242 e. The first kappa shape index (κ1) is 20.4. The molecule has 152 valence electrons. The van der Waals surface area contributed by atoms with E-state index >= 15 is 0 Å². The molecule has 0 N–H and O–H groups in total. The van der Waals surface area contributed by atoms with Gasteiger partial charge in [0.25, 0.3) is 0 Å². The third kappa shape index (κ3) is 4.46. The fraction of sp³-hybridized carbons (Fsp3) is 0.240. The van der Waals surface area contributed by atoms with Gasteiger partial charge in [0.05, 0.1) is 18.0 Å². The maximum atomic E-state index is 13.1. The molecule has 3 aromatic carbocycles. The van der Waals surface area contributed by atoms with Gasteiger partial charge in [-0.25, -0.2) is 0 Å². The number of amidine groups is 1. The monoisotopic (exact) mass is 415 g/mol. The van der Waals surface area contributed by atoms with E-state index in [2.05, 4.69) is 48.3 Å². The lowest BCUT2D eigenvalue weighted by Crippen LogP contribution is -2.31. The van der Waals surface area contributed by atoms with E-state index in [4.69, 9.17) is 0 Å². The second-order valence-corrected chi connectivity index (χ2v) is 8.67. The van der Waals surface area contributed by atoms with Crippen LogP contribution in [0.15, 0.2) is 76.9 Å². The molecule has 4 rings (SSSR count). The van der Waals surface area contributed by atoms with Crippen molar-refractivity contribution in [1.29, 1.82) is 0 Å². The van der Waals surface area contributed by atoms with Crippen LogP contribution < -0.4 is 0 Å². The van der Waals surface area contributed by atoms with E-state index < -0.39 is 0 Å². The summed E-state index contributed by atoms with van der Waals surface area (Å²) < 4.78 is 0. The summed E-state index contributed by atoms with van der Waals surface area (Å²) in [5.74, 6) is 0.124. The van der Waals surface area contributed by atoms with Crippen molar-refractivity contribution in [3.05, 3.63) is 83.4 Å². The summed E-state index contributed by atoms with van der Waals surface area (Å²) in [7, 11) is 0. The number of amides is 1. The molecule has 4 nitrogen and oxygen atoms in total. The van der Waals surface area contributed by atoms with Gasteiger partial charge in [-0.3, -0.25) is 9.69 Å². The molecule has 1 aliphatic rings. The summed E-state index contributed by atoms with van der Waals surface area (Å²) in [5, 5.41) is 11.7. The lowest BCUT2D eigenvalue weighted by atomic mass is 10.0. The quantitative estimate of drug-likeness (QED) is 0.378. The highest BCUT2D eigenvalue weighted by molar-refractivity contribution is 8.15. The number of nitrogens with zero attached hydrogens (tertiary/aromatic N) is 3. The van der Waals surface area contributed by atoms with E-state index in [9.17, 15) is 4.79 Å². The largest absolute Gasteiger partial charge is 0.284 e. The SMILES string of the molecule is CCCC1S/C(=N/N=C/c2ccc(C)cc2)N(Cc2cccc3ccccc23)C1=O. The van der Waals surface area contributed by atoms with Crippen LogP contribution in [0, 0.1) is 6.92 Å². The number of carbonyl (C=O) groups is 1. The number of hydrogen-bond donors (Lipinski definition) is 0. The van der Waals surface area contributed by atoms with E-state index in [1.54, 1.807) is 11.1 Å². The fourth-order valence-corrected chi connectivity index (χ4v) is 4.79. The van der Waals surface area contributed by atoms with Crippen molar-refractivity contribution < 1.29 is 4.79 Å². The first-order valence-corrected chi connectivity index (χ1v) is 11.2. The van der Waals surface area contributed by atoms with Crippen LogP contribution in [-0.2, 0) is 11.3 Å². The average molecular weight is 416 g/mol. The second-order valence-electron chi connectivity index (χ2n) is 7.50. The smallest absolute Gasteiger partial charge is 0.242 e. The van der Waals surface area contributed by atoms with Crippen molar-refractivity contribution in [3.63, 3.8) is 0 Å². The van der Waals surface area contributed by atoms with Crippen LogP contribution in [0.3, 0.4) is 0 Å². The normalized spacial score (nSPS) is 18.2. The first-order valence-electron chi connectivity index (χ1n) is 10.3. The molecule has 0 bridgehead atoms. The summed E-state index contributed by atoms with van der Waals surface area (Å²) in [6.45, 7) is 4.67. The number of benzene rings is 3. The van der Waals surface area contributed by atoms with Crippen molar-refractivity contribution in [3.8, 4) is 0 Å². The number of rotatable bonds is 6. The zero-order valence-corrected chi connectivity index (χ0v) is 18.1. The van der Waals surface area contributed by atoms with Gasteiger partial charge >= 0.3 is 0 Å². The standard InChI is InChI=1S/C25H25N3OS/c1-3-7-23-24(29)28(17-21-10-6-9-20-8-4-5-11-22(20)21)25(30-23)27-26-16-19-14-12-18(2)13-15-19/h4-6,8-16,23H,3,7,17H2,1-2H3/b26-16+,27-25+. The van der Waals surface area contributed by atoms with Crippen molar-refractivity contribution in [2.75, 3.05) is 0 Å². The molecule has 0 aromatic heterocycles. The molecule has 0 radical (unpaired) electrons. The highest BCUT2D eigenvalue weighted by Gasteiger charge is 2.37. The third-order valence-corrected chi connectivity index (χ3v) is 6.44. The molecule has 30 heavy (non-hydrogen) atoms. The van der Waals surface area contributed by atoms with Gasteiger partial charge in [-0.15, -0.1) is 5.10 Å². The third-order valence-electron chi connectivity index (χ3n) is 5.21. The molecule has 1 fully saturated rings. The second kappa shape index (κ2) is 9.26. The Morgan fingerprint density at radius 1 is 1.03 bits per heavy atom. The maximum absolute atomic E-state index is 13.1. The molecule has 0 spiro atoms. The van der Waals surface area contributed by atoms with Crippen molar-refractivity contribution in [2.24, 2.45) is 10.2 Å². The number of carbonyl (C=O) groups excluding carboxylic acids is 1. The van der Waals surface area contributed by atoms with Gasteiger partial charge < -0.3 is 0 Å². The zero-order valence-electron chi connectivity index (χ0n) is 17.3. The van der Waals surface area contributed by atoms with Gasteiger partial charge in [0.1, 0.15) is 0 Å². The minimum Gasteiger partial charge on any atom is -0.284 e. The average Bonchev–Trinajstić information content (AvgIpc) is 3.05. The van der Waals surface area contributed by atoms with Crippen molar-refractivity contribution in [2.45, 2.75) is 38.5 Å². The molecule has 0 saturated carbocycles. The van der Waals surface area contributed by atoms with Crippen molar-refractivity contribution >= 4 is 39.8 Å². The Bertz CT molecular complexity index is 1100. The fourth-order valence-electron chi connectivity index (χ4n) is 3.58. The number of hydrogen-bond acceptors (Lipinski definition) is 4. The topological polar surface area (TPSA) is 45.0 Å². The molecule has 0 aliphatic carbocycles. The Balaban J connectivity index is 1.62. The molecule has 1 aliphatic heterocycles. The van der Waals surface area contributed by atoms with Crippen LogP contribution in [0.4, 0.5) is 0 Å². The Kier molecular flexibility index (Phi) is 6.29. The van der Waals surface area contributed by atoms with Gasteiger partial charge in [-0.05, 0) is 35.2 Å². The number of thioether (sulfide) groups is 1. The Morgan fingerprint density at radius 2 is 1.80 bits per heavy atom. The Morgan fingerprint density at radius 3 is 2.60 bits per heavy atom. The van der Waals surface area contributed by atoms with Gasteiger partial charge in [0.2, 0.25) is 5.91 Å². The Hall–Kier alpha value is -2.92. The lowest BCUT2D eigenvalue weighted by Gasteiger charge is -2.17. The van der Waals surface area contributed by atoms with Gasteiger partial charge in [0, 0.05) is 0 Å². The predicted molar refractivity (Wildman–Crippen MR) is 127 cm³/mol. The predicted octanol–water partition coefficient (Wildman–Crippen LogP) is 5.78. The molecular weight excluding hydrogens is 390 g/mol. The van der Waals surface area contributed by atoms with Crippen LogP contribution in [0.1, 0.15) is 36.5 Å². The molecule has 3 aromatic rings. The van der Waals surface area contributed by atoms with Gasteiger partial charge in [-0.2, -0.15) is 5.10 Å². The lowest BCUT2D eigenvalue weighted by molar-refractivity contribution is -0.126. The van der Waals surface area contributed by atoms with E-state index in [1.165, 1.54) is 28.1 Å². The van der Waals surface area contributed by atoms with Crippen LogP contribution in [0.2, 0.25) is 0 Å². The highest BCUT2D eigenvalue weighted by atomic mass is 32.2. The van der Waals surface area contributed by atoms with Crippen LogP contribution >= 0.6 is 11.8 Å². The summed E-state index contributed by atoms with van der Waals surface area (Å²) in [6, 6.07) is 22.6. The molecule has 1 amide bonds. The van der Waals surface area contributed by atoms with Gasteiger partial charge in [-0.1, -0.05) is 97.4 Å². The summed E-state index contributed by atoms with van der Waals surface area (Å²) in [6.07, 6.45) is 3.54. The minimum absolute atomic E-state index is 0.0849. The van der Waals surface area contributed by atoms with E-state index in [-0.39, 0.29) is 11.2 Å². The van der Waals surface area contributed by atoms with E-state index in [0.717, 1.165) is 24.0 Å². The minimum atomic E-state index is -0.0849. The first-order chi connectivity index (χ1) is 14.7. The number of aryl methyl sites for hydroxylation is 1. The summed E-state index contributed by atoms with van der Waals surface area (Å²) in [5.41, 5.74) is 3.32. The summed E-state index contributed by atoms with van der Waals surface area (Å²) in [4.78, 5) is 14.9. The zero-order chi connectivity index (χ0) is 20.9. The highest BCUT2D eigenvalue weighted by Crippen LogP contribution is 2.32. The Labute approximate surface area is 181 Å². The van der Waals surface area contributed by atoms with Crippen LogP contribution in [0.25, 0.3) is 10.8 Å². The number of fused-ring (bicyclic) bond motifs is 1. The molecule has 1 atom stereocenters. The van der Waals surface area contributed by atoms with E-state index in [1.807, 2.05) is 42.5 Å². The van der Waals surface area contributed by atoms with Crippen LogP contribution in [0.5, 0.6) is 0 Å².